The number of carbonyl (C=O) groups excluding carboxylic acids is 1. The maximum absolute atomic E-state index is 12.2. The Morgan fingerprint density at radius 3 is 2.90 bits per heavy atom. The van der Waals surface area contributed by atoms with E-state index in [4.69, 9.17) is 10.2 Å². The van der Waals surface area contributed by atoms with Gasteiger partial charge < -0.3 is 15.5 Å². The number of hydrogen-bond acceptors (Lipinski definition) is 5. The quantitative estimate of drug-likeness (QED) is 0.844. The summed E-state index contributed by atoms with van der Waals surface area (Å²) in [5.41, 5.74) is 6.33. The smallest absolute Gasteiger partial charge is 0.273 e. The molecule has 1 aromatic rings. The first-order chi connectivity index (χ1) is 10.1. The van der Waals surface area contributed by atoms with Gasteiger partial charge in [0.2, 0.25) is 5.89 Å². The van der Waals surface area contributed by atoms with Gasteiger partial charge in [-0.3, -0.25) is 4.79 Å². The minimum atomic E-state index is -0.241. The molecule has 1 aromatic heterocycles. The zero-order chi connectivity index (χ0) is 15.2. The summed E-state index contributed by atoms with van der Waals surface area (Å²) in [5.74, 6) is 2.02. The molecule has 1 aliphatic rings. The lowest BCUT2D eigenvalue weighted by molar-refractivity contribution is 0.0918. The predicted molar refractivity (Wildman–Crippen MR) is 85.3 cm³/mol. The van der Waals surface area contributed by atoms with Crippen molar-refractivity contribution >= 4 is 17.7 Å². The lowest BCUT2D eigenvalue weighted by atomic mass is 9.87. The number of nitrogens with zero attached hydrogens (tertiary/aromatic N) is 1. The molecule has 0 aliphatic heterocycles. The van der Waals surface area contributed by atoms with Gasteiger partial charge in [0.1, 0.15) is 6.26 Å². The molecule has 118 valence electrons. The van der Waals surface area contributed by atoms with Crippen LogP contribution in [0.3, 0.4) is 0 Å². The second kappa shape index (κ2) is 7.84. The highest BCUT2D eigenvalue weighted by Gasteiger charge is 2.22. The van der Waals surface area contributed by atoms with E-state index >= 15 is 0 Å². The van der Waals surface area contributed by atoms with E-state index in [2.05, 4.69) is 17.2 Å². The highest BCUT2D eigenvalue weighted by molar-refractivity contribution is 7.98. The lowest BCUT2D eigenvalue weighted by Gasteiger charge is -2.26. The first kappa shape index (κ1) is 16.4. The van der Waals surface area contributed by atoms with Crippen molar-refractivity contribution in [3.05, 3.63) is 17.8 Å². The molecule has 1 aliphatic carbocycles. The average molecular weight is 311 g/mol. The van der Waals surface area contributed by atoms with Crippen LogP contribution in [0.15, 0.2) is 10.7 Å². The van der Waals surface area contributed by atoms with E-state index in [1.54, 1.807) is 11.8 Å². The maximum atomic E-state index is 12.2. The molecule has 1 unspecified atom stereocenters. The summed E-state index contributed by atoms with van der Waals surface area (Å²) in [6.07, 6.45) is 8.68. The molecule has 1 heterocycles. The Balaban J connectivity index is 1.86. The van der Waals surface area contributed by atoms with E-state index in [1.165, 1.54) is 19.1 Å². The number of hydrogen-bond donors (Lipinski definition) is 2. The van der Waals surface area contributed by atoms with Crippen LogP contribution >= 0.6 is 11.8 Å². The largest absolute Gasteiger partial charge is 0.446 e. The molecule has 21 heavy (non-hydrogen) atoms. The van der Waals surface area contributed by atoms with Gasteiger partial charge in [0.05, 0.1) is 6.04 Å². The van der Waals surface area contributed by atoms with Crippen LogP contribution in [0.2, 0.25) is 0 Å². The zero-order valence-corrected chi connectivity index (χ0v) is 13.6. The molecule has 6 heteroatoms. The van der Waals surface area contributed by atoms with Gasteiger partial charge in [-0.05, 0) is 50.0 Å². The second-order valence-electron chi connectivity index (χ2n) is 5.89. The molecule has 0 spiro atoms. The van der Waals surface area contributed by atoms with Crippen molar-refractivity contribution in [2.75, 3.05) is 12.0 Å². The van der Waals surface area contributed by atoms with Gasteiger partial charge in [-0.1, -0.05) is 6.92 Å². The van der Waals surface area contributed by atoms with Gasteiger partial charge in [-0.15, -0.1) is 0 Å². The number of thioether (sulfide) groups is 1. The van der Waals surface area contributed by atoms with E-state index in [0.29, 0.717) is 11.6 Å². The third kappa shape index (κ3) is 4.74. The van der Waals surface area contributed by atoms with Gasteiger partial charge in [0.25, 0.3) is 5.91 Å². The lowest BCUT2D eigenvalue weighted by Crippen LogP contribution is -2.37. The van der Waals surface area contributed by atoms with Gasteiger partial charge in [-0.25, -0.2) is 4.98 Å². The Morgan fingerprint density at radius 2 is 2.24 bits per heavy atom. The van der Waals surface area contributed by atoms with Crippen molar-refractivity contribution in [1.82, 2.24) is 10.3 Å². The molecule has 0 radical (unpaired) electrons. The maximum Gasteiger partial charge on any atom is 0.273 e. The van der Waals surface area contributed by atoms with Gasteiger partial charge in [-0.2, -0.15) is 11.8 Å². The van der Waals surface area contributed by atoms with Crippen molar-refractivity contribution < 1.29 is 9.21 Å². The van der Waals surface area contributed by atoms with Crippen molar-refractivity contribution in [2.45, 2.75) is 51.1 Å². The summed E-state index contributed by atoms with van der Waals surface area (Å²) >= 11 is 1.73. The number of oxazole rings is 1. The van der Waals surface area contributed by atoms with E-state index in [0.717, 1.165) is 30.9 Å². The average Bonchev–Trinajstić information content (AvgIpc) is 2.97. The van der Waals surface area contributed by atoms with Crippen LogP contribution in [0.25, 0.3) is 0 Å². The van der Waals surface area contributed by atoms with E-state index < -0.39 is 0 Å². The summed E-state index contributed by atoms with van der Waals surface area (Å²) < 4.78 is 5.34. The van der Waals surface area contributed by atoms with Crippen molar-refractivity contribution in [3.8, 4) is 0 Å². The number of nitrogens with one attached hydrogen (secondary N) is 1. The molecule has 1 amide bonds. The molecule has 5 nitrogen and oxygen atoms in total. The molecule has 0 aromatic carbocycles. The van der Waals surface area contributed by atoms with Crippen molar-refractivity contribution in [2.24, 2.45) is 11.7 Å². The summed E-state index contributed by atoms with van der Waals surface area (Å²) in [5, 5.41) is 3.04. The first-order valence-electron chi connectivity index (χ1n) is 7.61. The van der Waals surface area contributed by atoms with Crippen LogP contribution < -0.4 is 11.1 Å². The second-order valence-corrected chi connectivity index (χ2v) is 6.87. The fraction of sp³-hybridized carbons (Fsp3) is 0.733. The number of rotatable bonds is 6. The number of aromatic nitrogens is 1. The van der Waals surface area contributed by atoms with E-state index in [-0.39, 0.29) is 18.0 Å². The van der Waals surface area contributed by atoms with Crippen LogP contribution in [0.1, 0.15) is 61.4 Å². The van der Waals surface area contributed by atoms with Gasteiger partial charge >= 0.3 is 0 Å². The Morgan fingerprint density at radius 1 is 1.52 bits per heavy atom. The fourth-order valence-electron chi connectivity index (χ4n) is 2.59. The predicted octanol–water partition coefficient (Wildman–Crippen LogP) is 2.74. The summed E-state index contributed by atoms with van der Waals surface area (Å²) in [6.45, 7) is 2.26. The first-order valence-corrected chi connectivity index (χ1v) is 9.00. The van der Waals surface area contributed by atoms with E-state index in [9.17, 15) is 4.79 Å². The van der Waals surface area contributed by atoms with Gasteiger partial charge in [0.15, 0.2) is 5.69 Å². The highest BCUT2D eigenvalue weighted by Crippen LogP contribution is 2.23. The zero-order valence-electron chi connectivity index (χ0n) is 12.8. The summed E-state index contributed by atoms with van der Waals surface area (Å²) in [6, 6.07) is 0.0218. The number of amides is 1. The molecule has 0 saturated heterocycles. The van der Waals surface area contributed by atoms with Crippen LogP contribution in [0, 0.1) is 5.92 Å². The molecule has 3 N–H and O–H groups in total. The molecule has 0 bridgehead atoms. The third-order valence-electron chi connectivity index (χ3n) is 4.06. The third-order valence-corrected chi connectivity index (χ3v) is 4.70. The standard InChI is InChI=1S/C15H25N3O2S/c1-10-3-5-11(6-4-10)17-14(19)13-9-20-15(18-13)12(16)7-8-21-2/h9-12H,3-8,16H2,1-2H3,(H,17,19). The van der Waals surface area contributed by atoms with E-state index in [1.807, 2.05) is 6.26 Å². The molecular weight excluding hydrogens is 286 g/mol. The van der Waals surface area contributed by atoms with Gasteiger partial charge in [0, 0.05) is 6.04 Å². The molecule has 1 atom stereocenters. The summed E-state index contributed by atoms with van der Waals surface area (Å²) in [4.78, 5) is 16.4. The normalized spacial score (nSPS) is 23.8. The highest BCUT2D eigenvalue weighted by atomic mass is 32.2. The minimum absolute atomic E-state index is 0.151. The SMILES string of the molecule is CSCCC(N)c1nc(C(=O)NC2CCC(C)CC2)co1. The molecule has 2 rings (SSSR count). The van der Waals surface area contributed by atoms with Crippen molar-refractivity contribution in [3.63, 3.8) is 0 Å². The van der Waals surface area contributed by atoms with Crippen LogP contribution in [0.5, 0.6) is 0 Å². The molecule has 1 saturated carbocycles. The Labute approximate surface area is 130 Å². The number of carbonyl (C=O) groups is 1. The number of nitrogens with two attached hydrogens (primary N) is 1. The monoisotopic (exact) mass is 311 g/mol. The Hall–Kier alpha value is -1.01. The van der Waals surface area contributed by atoms with Crippen LogP contribution in [0.4, 0.5) is 0 Å². The van der Waals surface area contributed by atoms with Crippen molar-refractivity contribution in [1.29, 1.82) is 0 Å². The summed E-state index contributed by atoms with van der Waals surface area (Å²) in [7, 11) is 0. The van der Waals surface area contributed by atoms with Crippen LogP contribution in [-0.2, 0) is 0 Å². The minimum Gasteiger partial charge on any atom is -0.446 e. The Bertz CT molecular complexity index is 456. The Kier molecular flexibility index (Phi) is 6.11. The molecular formula is C15H25N3O2S. The molecule has 1 fully saturated rings. The van der Waals surface area contributed by atoms with Crippen LogP contribution in [-0.4, -0.2) is 28.9 Å². The fourth-order valence-corrected chi connectivity index (χ4v) is 3.08. The topological polar surface area (TPSA) is 81.1 Å².